The van der Waals surface area contributed by atoms with E-state index in [9.17, 15) is 12.8 Å². The molecule has 0 amide bonds. The fourth-order valence-corrected chi connectivity index (χ4v) is 5.33. The molecule has 0 N–H and O–H groups in total. The lowest BCUT2D eigenvalue weighted by molar-refractivity contribution is 0.383. The van der Waals surface area contributed by atoms with E-state index in [1.165, 1.54) is 22.8 Å². The molecule has 1 aliphatic rings. The standard InChI is InChI=1S/C26H23FN4O3S/c27-21-8-6-20(7-9-21)25-18-26(29-19-28-25)30-14-16-31(17-15-30)35(32,33)24-12-10-23(11-13-24)34-22-4-2-1-3-5-22/h1-13,18-19H,14-17H2. The van der Waals surface area contributed by atoms with Crippen LogP contribution in [0.15, 0.2) is 96.2 Å². The molecule has 9 heteroatoms. The molecule has 35 heavy (non-hydrogen) atoms. The summed E-state index contributed by atoms with van der Waals surface area (Å²) in [6, 6.07) is 23.7. The van der Waals surface area contributed by atoms with Gasteiger partial charge in [0.2, 0.25) is 10.0 Å². The van der Waals surface area contributed by atoms with Crippen molar-refractivity contribution in [3.63, 3.8) is 0 Å². The Balaban J connectivity index is 1.24. The number of para-hydroxylation sites is 1. The number of hydrogen-bond acceptors (Lipinski definition) is 6. The monoisotopic (exact) mass is 490 g/mol. The number of anilines is 1. The minimum absolute atomic E-state index is 0.229. The van der Waals surface area contributed by atoms with Crippen molar-refractivity contribution in [3.05, 3.63) is 97.1 Å². The van der Waals surface area contributed by atoms with E-state index in [-0.39, 0.29) is 10.7 Å². The van der Waals surface area contributed by atoms with E-state index >= 15 is 0 Å². The van der Waals surface area contributed by atoms with Gasteiger partial charge in [0.05, 0.1) is 10.6 Å². The molecule has 0 unspecified atom stereocenters. The fraction of sp³-hybridized carbons (Fsp3) is 0.154. The van der Waals surface area contributed by atoms with Crippen LogP contribution in [0.25, 0.3) is 11.3 Å². The minimum Gasteiger partial charge on any atom is -0.457 e. The number of ether oxygens (including phenoxy) is 1. The van der Waals surface area contributed by atoms with Gasteiger partial charge in [0.25, 0.3) is 0 Å². The molecule has 0 spiro atoms. The van der Waals surface area contributed by atoms with Crippen molar-refractivity contribution in [2.24, 2.45) is 0 Å². The van der Waals surface area contributed by atoms with Crippen molar-refractivity contribution < 1.29 is 17.5 Å². The van der Waals surface area contributed by atoms with Gasteiger partial charge in [-0.25, -0.2) is 22.8 Å². The van der Waals surface area contributed by atoms with Crippen LogP contribution in [-0.2, 0) is 10.0 Å². The number of sulfonamides is 1. The first-order valence-electron chi connectivity index (χ1n) is 11.2. The number of nitrogens with zero attached hydrogens (tertiary/aromatic N) is 4. The normalized spacial score (nSPS) is 14.6. The zero-order valence-electron chi connectivity index (χ0n) is 18.8. The predicted octanol–water partition coefficient (Wildman–Crippen LogP) is 4.59. The van der Waals surface area contributed by atoms with Gasteiger partial charge in [0.15, 0.2) is 0 Å². The first-order chi connectivity index (χ1) is 17.0. The Kier molecular flexibility index (Phi) is 6.43. The highest BCUT2D eigenvalue weighted by Crippen LogP contribution is 2.26. The Morgan fingerprint density at radius 2 is 1.43 bits per heavy atom. The van der Waals surface area contributed by atoms with Gasteiger partial charge in [-0.1, -0.05) is 18.2 Å². The van der Waals surface area contributed by atoms with E-state index in [0.29, 0.717) is 49.2 Å². The lowest BCUT2D eigenvalue weighted by Crippen LogP contribution is -2.48. The van der Waals surface area contributed by atoms with Crippen LogP contribution in [-0.4, -0.2) is 48.9 Å². The predicted molar refractivity (Wildman–Crippen MR) is 131 cm³/mol. The maximum atomic E-state index is 13.2. The number of halogens is 1. The molecular weight excluding hydrogens is 467 g/mol. The lowest BCUT2D eigenvalue weighted by atomic mass is 10.1. The third-order valence-corrected chi connectivity index (χ3v) is 7.71. The highest BCUT2D eigenvalue weighted by molar-refractivity contribution is 7.89. The summed E-state index contributed by atoms with van der Waals surface area (Å²) >= 11 is 0. The van der Waals surface area contributed by atoms with E-state index in [4.69, 9.17) is 4.74 Å². The smallest absolute Gasteiger partial charge is 0.243 e. The number of hydrogen-bond donors (Lipinski definition) is 0. The number of piperazine rings is 1. The molecule has 0 bridgehead atoms. The van der Waals surface area contributed by atoms with Crippen molar-refractivity contribution in [2.75, 3.05) is 31.1 Å². The zero-order chi connectivity index (χ0) is 24.3. The van der Waals surface area contributed by atoms with Gasteiger partial charge < -0.3 is 9.64 Å². The molecule has 4 aromatic rings. The summed E-state index contributed by atoms with van der Waals surface area (Å²) in [5.74, 6) is 1.66. The molecule has 0 aliphatic carbocycles. The quantitative estimate of drug-likeness (QED) is 0.394. The van der Waals surface area contributed by atoms with Crippen LogP contribution < -0.4 is 9.64 Å². The van der Waals surface area contributed by atoms with Crippen LogP contribution in [0.3, 0.4) is 0 Å². The lowest BCUT2D eigenvalue weighted by Gasteiger charge is -2.34. The molecule has 7 nitrogen and oxygen atoms in total. The zero-order valence-corrected chi connectivity index (χ0v) is 19.6. The second kappa shape index (κ2) is 9.81. The third-order valence-electron chi connectivity index (χ3n) is 5.80. The molecule has 178 valence electrons. The van der Waals surface area contributed by atoms with Gasteiger partial charge >= 0.3 is 0 Å². The summed E-state index contributed by atoms with van der Waals surface area (Å²) in [5.41, 5.74) is 1.47. The average molecular weight is 491 g/mol. The molecule has 3 aromatic carbocycles. The number of aromatic nitrogens is 2. The molecule has 2 heterocycles. The van der Waals surface area contributed by atoms with Crippen molar-refractivity contribution in [3.8, 4) is 22.8 Å². The first kappa shape index (κ1) is 22.9. The van der Waals surface area contributed by atoms with Gasteiger partial charge in [-0.05, 0) is 60.7 Å². The molecule has 1 fully saturated rings. The Morgan fingerprint density at radius 1 is 0.771 bits per heavy atom. The van der Waals surface area contributed by atoms with E-state index in [0.717, 1.165) is 5.56 Å². The van der Waals surface area contributed by atoms with Crippen molar-refractivity contribution >= 4 is 15.8 Å². The highest BCUT2D eigenvalue weighted by Gasteiger charge is 2.29. The molecule has 0 saturated carbocycles. The van der Waals surface area contributed by atoms with Gasteiger partial charge in [-0.2, -0.15) is 4.31 Å². The number of benzene rings is 3. The Hall–Kier alpha value is -3.82. The third kappa shape index (κ3) is 5.16. The van der Waals surface area contributed by atoms with Crippen molar-refractivity contribution in [2.45, 2.75) is 4.90 Å². The minimum atomic E-state index is -3.63. The summed E-state index contributed by atoms with van der Waals surface area (Å²) in [5, 5.41) is 0. The molecule has 1 aromatic heterocycles. The van der Waals surface area contributed by atoms with Gasteiger partial charge in [-0.3, -0.25) is 0 Å². The first-order valence-corrected chi connectivity index (χ1v) is 12.6. The van der Waals surface area contributed by atoms with Crippen molar-refractivity contribution in [1.29, 1.82) is 0 Å². The molecule has 0 atom stereocenters. The second-order valence-electron chi connectivity index (χ2n) is 8.05. The summed E-state index contributed by atoms with van der Waals surface area (Å²) < 4.78 is 46.8. The van der Waals surface area contributed by atoms with Gasteiger partial charge in [0, 0.05) is 37.8 Å². The largest absolute Gasteiger partial charge is 0.457 e. The van der Waals surface area contributed by atoms with Gasteiger partial charge in [-0.15, -0.1) is 0 Å². The summed E-state index contributed by atoms with van der Waals surface area (Å²) in [6.45, 7) is 1.66. The van der Waals surface area contributed by atoms with Crippen LogP contribution in [0, 0.1) is 5.82 Å². The molecular formula is C26H23FN4O3S. The maximum Gasteiger partial charge on any atom is 0.243 e. The van der Waals surface area contributed by atoms with Crippen LogP contribution in [0.2, 0.25) is 0 Å². The molecule has 1 saturated heterocycles. The van der Waals surface area contributed by atoms with Crippen molar-refractivity contribution in [1.82, 2.24) is 14.3 Å². The molecule has 5 rings (SSSR count). The fourth-order valence-electron chi connectivity index (χ4n) is 3.91. The Bertz CT molecular complexity index is 1390. The average Bonchev–Trinajstić information content (AvgIpc) is 2.90. The van der Waals surface area contributed by atoms with Crippen LogP contribution >= 0.6 is 0 Å². The summed E-state index contributed by atoms with van der Waals surface area (Å²) in [7, 11) is -3.63. The molecule has 1 aliphatic heterocycles. The number of rotatable bonds is 6. The Labute approximate surface area is 203 Å². The topological polar surface area (TPSA) is 75.6 Å². The Morgan fingerprint density at radius 3 is 2.11 bits per heavy atom. The van der Waals surface area contributed by atoms with Crippen LogP contribution in [0.5, 0.6) is 11.5 Å². The SMILES string of the molecule is O=S(=O)(c1ccc(Oc2ccccc2)cc1)N1CCN(c2cc(-c3ccc(F)cc3)ncn2)CC1. The van der Waals surface area contributed by atoms with E-state index in [2.05, 4.69) is 9.97 Å². The summed E-state index contributed by atoms with van der Waals surface area (Å²) in [4.78, 5) is 10.9. The van der Waals surface area contributed by atoms with E-state index in [1.807, 2.05) is 41.3 Å². The second-order valence-corrected chi connectivity index (χ2v) is 9.98. The van der Waals surface area contributed by atoms with Crippen LogP contribution in [0.4, 0.5) is 10.2 Å². The maximum absolute atomic E-state index is 13.2. The highest BCUT2D eigenvalue weighted by atomic mass is 32.2. The van der Waals surface area contributed by atoms with Gasteiger partial charge in [0.1, 0.15) is 29.5 Å². The van der Waals surface area contributed by atoms with Crippen LogP contribution in [0.1, 0.15) is 0 Å². The molecule has 0 radical (unpaired) electrons. The van der Waals surface area contributed by atoms with E-state index < -0.39 is 10.0 Å². The summed E-state index contributed by atoms with van der Waals surface area (Å²) in [6.07, 6.45) is 1.47. The van der Waals surface area contributed by atoms with E-state index in [1.54, 1.807) is 36.4 Å².